The third-order valence-corrected chi connectivity index (χ3v) is 3.00. The predicted octanol–water partition coefficient (Wildman–Crippen LogP) is 3.18. The lowest BCUT2D eigenvalue weighted by molar-refractivity contribution is 1.08. The maximum Gasteiger partial charge on any atom is 0.102 e. The average molecular weight is 237 g/mol. The van der Waals surface area contributed by atoms with E-state index in [0.29, 0.717) is 12.1 Å². The number of nitrogens with zero attached hydrogens (tertiary/aromatic N) is 2. The summed E-state index contributed by atoms with van der Waals surface area (Å²) >= 11 is 0. The van der Waals surface area contributed by atoms with Crippen LogP contribution in [0.3, 0.4) is 0 Å². The molecule has 1 heterocycles. The molecular formula is C15H15N3. The van der Waals surface area contributed by atoms with Gasteiger partial charge in [0.25, 0.3) is 0 Å². The summed E-state index contributed by atoms with van der Waals surface area (Å²) < 4.78 is 0. The number of hydrogen-bond donors (Lipinski definition) is 1. The number of pyridine rings is 1. The fourth-order valence-electron chi connectivity index (χ4n) is 1.84. The predicted molar refractivity (Wildman–Crippen MR) is 72.2 cm³/mol. The summed E-state index contributed by atoms with van der Waals surface area (Å²) in [6.45, 7) is 4.68. The van der Waals surface area contributed by atoms with Crippen LogP contribution in [-0.4, -0.2) is 4.98 Å². The van der Waals surface area contributed by atoms with Gasteiger partial charge in [-0.15, -0.1) is 0 Å². The molecule has 90 valence electrons. The van der Waals surface area contributed by atoms with E-state index in [9.17, 15) is 0 Å². The molecular weight excluding hydrogens is 222 g/mol. The van der Waals surface area contributed by atoms with Crippen molar-refractivity contribution in [3.8, 4) is 6.07 Å². The van der Waals surface area contributed by atoms with Crippen LogP contribution in [0.4, 0.5) is 5.69 Å². The Morgan fingerprint density at radius 2 is 2.06 bits per heavy atom. The number of rotatable bonds is 3. The Morgan fingerprint density at radius 1 is 1.22 bits per heavy atom. The molecule has 2 aromatic rings. The van der Waals surface area contributed by atoms with E-state index in [2.05, 4.69) is 23.3 Å². The first-order valence-electron chi connectivity index (χ1n) is 5.85. The van der Waals surface area contributed by atoms with Gasteiger partial charge in [0.15, 0.2) is 0 Å². The van der Waals surface area contributed by atoms with Crippen molar-refractivity contribution in [1.82, 2.24) is 4.98 Å². The zero-order chi connectivity index (χ0) is 13.0. The molecule has 0 amide bonds. The van der Waals surface area contributed by atoms with Crippen molar-refractivity contribution in [2.75, 3.05) is 5.32 Å². The van der Waals surface area contributed by atoms with E-state index in [1.54, 1.807) is 6.20 Å². The minimum absolute atomic E-state index is 0.678. The molecule has 0 radical (unpaired) electrons. The van der Waals surface area contributed by atoms with Crippen LogP contribution in [0, 0.1) is 25.2 Å². The van der Waals surface area contributed by atoms with Gasteiger partial charge in [-0.05, 0) is 42.7 Å². The summed E-state index contributed by atoms with van der Waals surface area (Å²) in [5.74, 6) is 0. The molecule has 1 aromatic carbocycles. The van der Waals surface area contributed by atoms with Crippen molar-refractivity contribution in [2.24, 2.45) is 0 Å². The molecule has 0 aliphatic carbocycles. The SMILES string of the molecule is Cc1ccncc1CNc1cccc(C)c1C#N. The summed E-state index contributed by atoms with van der Waals surface area (Å²) in [5, 5.41) is 12.4. The topological polar surface area (TPSA) is 48.7 Å². The van der Waals surface area contributed by atoms with Gasteiger partial charge in [0, 0.05) is 18.9 Å². The van der Waals surface area contributed by atoms with E-state index in [-0.39, 0.29) is 0 Å². The fraction of sp³-hybridized carbons (Fsp3) is 0.200. The van der Waals surface area contributed by atoms with Gasteiger partial charge in [0.05, 0.1) is 11.3 Å². The summed E-state index contributed by atoms with van der Waals surface area (Å²) in [6.07, 6.45) is 3.64. The van der Waals surface area contributed by atoms with E-state index in [1.807, 2.05) is 37.4 Å². The minimum Gasteiger partial charge on any atom is -0.380 e. The standard InChI is InChI=1S/C15H15N3/c1-11-6-7-17-9-13(11)10-18-15-5-3-4-12(2)14(15)8-16/h3-7,9,18H,10H2,1-2H3. The number of nitrogens with one attached hydrogen (secondary N) is 1. The number of nitriles is 1. The van der Waals surface area contributed by atoms with Crippen LogP contribution in [0.2, 0.25) is 0 Å². The van der Waals surface area contributed by atoms with Crippen molar-refractivity contribution in [2.45, 2.75) is 20.4 Å². The van der Waals surface area contributed by atoms with E-state index >= 15 is 0 Å². The highest BCUT2D eigenvalue weighted by Gasteiger charge is 2.05. The Morgan fingerprint density at radius 3 is 2.78 bits per heavy atom. The number of anilines is 1. The lowest BCUT2D eigenvalue weighted by Gasteiger charge is -2.11. The number of aryl methyl sites for hydroxylation is 2. The molecule has 1 aromatic heterocycles. The minimum atomic E-state index is 0.678. The third kappa shape index (κ3) is 2.49. The molecule has 3 nitrogen and oxygen atoms in total. The molecule has 0 atom stereocenters. The van der Waals surface area contributed by atoms with E-state index in [1.165, 1.54) is 5.56 Å². The molecule has 0 fully saturated rings. The monoisotopic (exact) mass is 237 g/mol. The molecule has 0 spiro atoms. The largest absolute Gasteiger partial charge is 0.380 e. The molecule has 1 N–H and O–H groups in total. The van der Waals surface area contributed by atoms with E-state index < -0.39 is 0 Å². The lowest BCUT2D eigenvalue weighted by atomic mass is 10.1. The Hall–Kier alpha value is -2.34. The van der Waals surface area contributed by atoms with Gasteiger partial charge in [0.2, 0.25) is 0 Å². The van der Waals surface area contributed by atoms with Gasteiger partial charge in [-0.2, -0.15) is 5.26 Å². The van der Waals surface area contributed by atoms with Gasteiger partial charge >= 0.3 is 0 Å². The quantitative estimate of drug-likeness (QED) is 0.891. The van der Waals surface area contributed by atoms with Crippen LogP contribution in [0.15, 0.2) is 36.7 Å². The molecule has 3 heteroatoms. The first-order chi connectivity index (χ1) is 8.72. The molecule has 0 saturated carbocycles. The van der Waals surface area contributed by atoms with Crippen LogP contribution in [0.5, 0.6) is 0 Å². The Kier molecular flexibility index (Phi) is 3.59. The third-order valence-electron chi connectivity index (χ3n) is 3.00. The fourth-order valence-corrected chi connectivity index (χ4v) is 1.84. The second-order valence-electron chi connectivity index (χ2n) is 4.26. The van der Waals surface area contributed by atoms with Gasteiger partial charge in [-0.3, -0.25) is 4.98 Å². The zero-order valence-corrected chi connectivity index (χ0v) is 10.6. The number of benzene rings is 1. The van der Waals surface area contributed by atoms with Crippen LogP contribution >= 0.6 is 0 Å². The van der Waals surface area contributed by atoms with E-state index in [4.69, 9.17) is 5.26 Å². The van der Waals surface area contributed by atoms with Crippen molar-refractivity contribution in [1.29, 1.82) is 5.26 Å². The first-order valence-corrected chi connectivity index (χ1v) is 5.85. The van der Waals surface area contributed by atoms with E-state index in [0.717, 1.165) is 16.8 Å². The molecule has 0 bridgehead atoms. The second-order valence-corrected chi connectivity index (χ2v) is 4.26. The van der Waals surface area contributed by atoms with Gasteiger partial charge < -0.3 is 5.32 Å². The van der Waals surface area contributed by atoms with Gasteiger partial charge in [-0.1, -0.05) is 12.1 Å². The molecule has 0 saturated heterocycles. The Balaban J connectivity index is 2.19. The molecule has 18 heavy (non-hydrogen) atoms. The smallest absolute Gasteiger partial charge is 0.102 e. The molecule has 0 aliphatic heterocycles. The normalized spacial score (nSPS) is 9.83. The molecule has 2 rings (SSSR count). The maximum atomic E-state index is 9.15. The Labute approximate surface area is 107 Å². The van der Waals surface area contributed by atoms with Crippen molar-refractivity contribution in [3.05, 3.63) is 58.9 Å². The number of aromatic nitrogens is 1. The van der Waals surface area contributed by atoms with Crippen LogP contribution in [-0.2, 0) is 6.54 Å². The molecule has 0 unspecified atom stereocenters. The Bertz CT molecular complexity index is 597. The number of hydrogen-bond acceptors (Lipinski definition) is 3. The second kappa shape index (κ2) is 5.33. The van der Waals surface area contributed by atoms with Crippen LogP contribution in [0.1, 0.15) is 22.3 Å². The lowest BCUT2D eigenvalue weighted by Crippen LogP contribution is -2.04. The molecule has 0 aliphatic rings. The van der Waals surface area contributed by atoms with Gasteiger partial charge in [0.1, 0.15) is 6.07 Å². The zero-order valence-electron chi connectivity index (χ0n) is 10.6. The van der Waals surface area contributed by atoms with Crippen molar-refractivity contribution < 1.29 is 0 Å². The maximum absolute atomic E-state index is 9.15. The highest BCUT2D eigenvalue weighted by molar-refractivity contribution is 5.60. The van der Waals surface area contributed by atoms with Crippen molar-refractivity contribution >= 4 is 5.69 Å². The summed E-state index contributed by atoms with van der Waals surface area (Å²) in [6, 6.07) is 10.0. The van der Waals surface area contributed by atoms with Crippen LogP contribution in [0.25, 0.3) is 0 Å². The average Bonchev–Trinajstić information content (AvgIpc) is 2.38. The van der Waals surface area contributed by atoms with Crippen LogP contribution < -0.4 is 5.32 Å². The summed E-state index contributed by atoms with van der Waals surface area (Å²) in [7, 11) is 0. The van der Waals surface area contributed by atoms with Gasteiger partial charge in [-0.25, -0.2) is 0 Å². The summed E-state index contributed by atoms with van der Waals surface area (Å²) in [4.78, 5) is 4.11. The highest BCUT2D eigenvalue weighted by Crippen LogP contribution is 2.19. The first kappa shape index (κ1) is 12.1. The van der Waals surface area contributed by atoms with Crippen molar-refractivity contribution in [3.63, 3.8) is 0 Å². The summed E-state index contributed by atoms with van der Waals surface area (Å²) in [5.41, 5.74) is 4.91. The highest BCUT2D eigenvalue weighted by atomic mass is 14.9.